The van der Waals surface area contributed by atoms with Gasteiger partial charge >= 0.3 is 6.18 Å². The third-order valence-corrected chi connectivity index (χ3v) is 4.86. The van der Waals surface area contributed by atoms with Gasteiger partial charge in [0.1, 0.15) is 12.7 Å². The van der Waals surface area contributed by atoms with Crippen molar-refractivity contribution in [2.75, 3.05) is 39.3 Å². The maximum Gasteiger partial charge on any atom is 0.401 e. The summed E-state index contributed by atoms with van der Waals surface area (Å²) in [5.74, 6) is 1.28. The molecule has 11 heteroatoms. The zero-order valence-electron chi connectivity index (χ0n) is 17.0. The zero-order chi connectivity index (χ0) is 20.2. The van der Waals surface area contributed by atoms with Crippen LogP contribution in [0.3, 0.4) is 0 Å². The first-order valence-corrected chi connectivity index (χ1v) is 10.1. The summed E-state index contributed by atoms with van der Waals surface area (Å²) in [6.07, 6.45) is 3.93. The van der Waals surface area contributed by atoms with E-state index in [1.165, 1.54) is 4.90 Å². The van der Waals surface area contributed by atoms with Gasteiger partial charge in [0.15, 0.2) is 5.96 Å². The Morgan fingerprint density at radius 2 is 1.83 bits per heavy atom. The molecule has 0 spiro atoms. The van der Waals surface area contributed by atoms with E-state index in [0.717, 1.165) is 64.2 Å². The number of hydrogen-bond donors (Lipinski definition) is 2. The van der Waals surface area contributed by atoms with Gasteiger partial charge in [-0.2, -0.15) is 13.2 Å². The first-order valence-electron chi connectivity index (χ1n) is 10.1. The number of likely N-dealkylation sites (tertiary alicyclic amines) is 1. The molecule has 1 aromatic heterocycles. The van der Waals surface area contributed by atoms with Crippen molar-refractivity contribution in [2.24, 2.45) is 10.9 Å². The van der Waals surface area contributed by atoms with Crippen LogP contribution < -0.4 is 10.6 Å². The number of hydrogen-bond acceptors (Lipinski definition) is 4. The minimum Gasteiger partial charge on any atom is -0.357 e. The topological polar surface area (TPSA) is 70.4 Å². The van der Waals surface area contributed by atoms with E-state index in [4.69, 9.17) is 0 Å². The predicted molar refractivity (Wildman–Crippen MR) is 118 cm³/mol. The van der Waals surface area contributed by atoms with Crippen LogP contribution >= 0.6 is 24.0 Å². The van der Waals surface area contributed by atoms with Crippen LogP contribution in [0.2, 0.25) is 0 Å². The summed E-state index contributed by atoms with van der Waals surface area (Å²) in [4.78, 5) is 6.10. The van der Waals surface area contributed by atoms with E-state index in [0.29, 0.717) is 19.0 Å². The fourth-order valence-corrected chi connectivity index (χ4v) is 3.36. The molecule has 0 unspecified atom stereocenters. The SMILES string of the molecule is CCNC(=NCCCCn1cnnc1)NCCC1CCN(CC(F)(F)F)CC1.I. The third-order valence-electron chi connectivity index (χ3n) is 4.86. The largest absolute Gasteiger partial charge is 0.401 e. The van der Waals surface area contributed by atoms with Gasteiger partial charge in [0.25, 0.3) is 0 Å². The highest BCUT2D eigenvalue weighted by atomic mass is 127. The van der Waals surface area contributed by atoms with Crippen LogP contribution in [0.15, 0.2) is 17.6 Å². The van der Waals surface area contributed by atoms with E-state index in [9.17, 15) is 13.2 Å². The number of aryl methyl sites for hydroxylation is 1. The normalized spacial score (nSPS) is 16.5. The van der Waals surface area contributed by atoms with Crippen LogP contribution in [0, 0.1) is 5.92 Å². The highest BCUT2D eigenvalue weighted by molar-refractivity contribution is 14.0. The summed E-state index contributed by atoms with van der Waals surface area (Å²) in [5, 5.41) is 14.1. The van der Waals surface area contributed by atoms with Gasteiger partial charge in [-0.15, -0.1) is 34.2 Å². The molecule has 0 bridgehead atoms. The summed E-state index contributed by atoms with van der Waals surface area (Å²) in [7, 11) is 0. The Morgan fingerprint density at radius 1 is 1.14 bits per heavy atom. The van der Waals surface area contributed by atoms with Gasteiger partial charge in [-0.1, -0.05) is 0 Å². The van der Waals surface area contributed by atoms with E-state index in [-0.39, 0.29) is 24.0 Å². The second-order valence-corrected chi connectivity index (χ2v) is 7.22. The number of halogens is 4. The molecule has 1 aliphatic heterocycles. The highest BCUT2D eigenvalue weighted by Crippen LogP contribution is 2.23. The Balaban J connectivity index is 0.00000420. The number of unbranched alkanes of at least 4 members (excludes halogenated alkanes) is 1. The number of nitrogens with zero attached hydrogens (tertiary/aromatic N) is 5. The van der Waals surface area contributed by atoms with Crippen molar-refractivity contribution in [2.45, 2.75) is 51.7 Å². The molecule has 29 heavy (non-hydrogen) atoms. The van der Waals surface area contributed by atoms with Crippen molar-refractivity contribution in [3.8, 4) is 0 Å². The zero-order valence-corrected chi connectivity index (χ0v) is 19.3. The Morgan fingerprint density at radius 3 is 2.45 bits per heavy atom. The number of alkyl halides is 3. The molecular formula is C18H33F3IN7. The van der Waals surface area contributed by atoms with Crippen molar-refractivity contribution >= 4 is 29.9 Å². The van der Waals surface area contributed by atoms with Gasteiger partial charge in [-0.3, -0.25) is 9.89 Å². The lowest BCUT2D eigenvalue weighted by atomic mass is 9.93. The van der Waals surface area contributed by atoms with Gasteiger partial charge in [0.2, 0.25) is 0 Å². The molecule has 0 aromatic carbocycles. The fraction of sp³-hybridized carbons (Fsp3) is 0.833. The number of nitrogens with one attached hydrogen (secondary N) is 2. The van der Waals surface area contributed by atoms with E-state index >= 15 is 0 Å². The van der Waals surface area contributed by atoms with E-state index in [2.05, 4.69) is 25.8 Å². The molecule has 0 amide bonds. The van der Waals surface area contributed by atoms with Crippen molar-refractivity contribution in [1.29, 1.82) is 0 Å². The molecule has 2 heterocycles. The lowest BCUT2D eigenvalue weighted by molar-refractivity contribution is -0.148. The lowest BCUT2D eigenvalue weighted by Gasteiger charge is -2.32. The molecule has 0 aliphatic carbocycles. The molecule has 1 fully saturated rings. The molecule has 2 rings (SSSR count). The predicted octanol–water partition coefficient (Wildman–Crippen LogP) is 2.90. The molecular weight excluding hydrogens is 498 g/mol. The summed E-state index contributed by atoms with van der Waals surface area (Å²) < 4.78 is 39.3. The van der Waals surface area contributed by atoms with E-state index in [1.807, 2.05) is 11.5 Å². The molecule has 0 saturated carbocycles. The van der Waals surface area contributed by atoms with Crippen LogP contribution in [-0.2, 0) is 6.54 Å². The van der Waals surface area contributed by atoms with Crippen molar-refractivity contribution in [3.63, 3.8) is 0 Å². The molecule has 7 nitrogen and oxygen atoms in total. The standard InChI is InChI=1S/C18H32F3N7.HI/c1-2-22-17(23-8-3-4-10-28-14-25-26-15-28)24-9-5-16-6-11-27(12-7-16)13-18(19,20)21;/h14-16H,2-13H2,1H3,(H2,22,23,24);1H. The molecule has 1 aliphatic rings. The number of aromatic nitrogens is 3. The lowest BCUT2D eigenvalue weighted by Crippen LogP contribution is -2.41. The van der Waals surface area contributed by atoms with Gasteiger partial charge < -0.3 is 15.2 Å². The van der Waals surface area contributed by atoms with E-state index < -0.39 is 12.7 Å². The molecule has 0 atom stereocenters. The number of piperidine rings is 1. The average molecular weight is 531 g/mol. The van der Waals surface area contributed by atoms with Gasteiger partial charge in [-0.05, 0) is 58.0 Å². The maximum absolute atomic E-state index is 12.4. The molecule has 1 saturated heterocycles. The van der Waals surface area contributed by atoms with Gasteiger partial charge in [0, 0.05) is 26.2 Å². The third kappa shape index (κ3) is 11.6. The summed E-state index contributed by atoms with van der Waals surface area (Å²) in [5.41, 5.74) is 0. The van der Waals surface area contributed by atoms with Crippen molar-refractivity contribution in [3.05, 3.63) is 12.7 Å². The summed E-state index contributed by atoms with van der Waals surface area (Å²) in [6, 6.07) is 0. The Labute approximate surface area is 187 Å². The minimum atomic E-state index is -4.10. The van der Waals surface area contributed by atoms with Gasteiger partial charge in [-0.25, -0.2) is 0 Å². The van der Waals surface area contributed by atoms with Crippen LogP contribution in [0.5, 0.6) is 0 Å². The summed E-state index contributed by atoms with van der Waals surface area (Å²) in [6.45, 7) is 5.52. The van der Waals surface area contributed by atoms with Crippen molar-refractivity contribution < 1.29 is 13.2 Å². The Hall–Kier alpha value is -1.11. The van der Waals surface area contributed by atoms with Gasteiger partial charge in [0.05, 0.1) is 6.54 Å². The second-order valence-electron chi connectivity index (χ2n) is 7.22. The number of guanidine groups is 1. The monoisotopic (exact) mass is 531 g/mol. The highest BCUT2D eigenvalue weighted by Gasteiger charge is 2.32. The number of aliphatic imine (C=N–C) groups is 1. The first-order chi connectivity index (χ1) is 13.5. The minimum absolute atomic E-state index is 0. The molecule has 168 valence electrons. The molecule has 1 aromatic rings. The van der Waals surface area contributed by atoms with Crippen LogP contribution in [0.25, 0.3) is 0 Å². The molecule has 0 radical (unpaired) electrons. The second kappa shape index (κ2) is 14.0. The van der Waals surface area contributed by atoms with Crippen LogP contribution in [0.4, 0.5) is 13.2 Å². The maximum atomic E-state index is 12.4. The average Bonchev–Trinajstić information content (AvgIpc) is 3.15. The molecule has 2 N–H and O–H groups in total. The smallest absolute Gasteiger partial charge is 0.357 e. The van der Waals surface area contributed by atoms with E-state index in [1.54, 1.807) is 12.7 Å². The first kappa shape index (κ1) is 25.9. The van der Waals surface area contributed by atoms with Crippen LogP contribution in [-0.4, -0.2) is 71.1 Å². The Bertz CT molecular complexity index is 558. The summed E-state index contributed by atoms with van der Waals surface area (Å²) >= 11 is 0. The Kier molecular flexibility index (Phi) is 12.5. The quantitative estimate of drug-likeness (QED) is 0.210. The van der Waals surface area contributed by atoms with Crippen LogP contribution in [0.1, 0.15) is 39.0 Å². The van der Waals surface area contributed by atoms with Crippen molar-refractivity contribution in [1.82, 2.24) is 30.3 Å². The number of rotatable bonds is 10. The fourth-order valence-electron chi connectivity index (χ4n) is 3.36.